The van der Waals surface area contributed by atoms with Gasteiger partial charge in [0, 0.05) is 11.6 Å². The minimum atomic E-state index is 0.0124. The van der Waals surface area contributed by atoms with E-state index in [0.717, 1.165) is 11.3 Å². The molecule has 2 heterocycles. The summed E-state index contributed by atoms with van der Waals surface area (Å²) in [4.78, 5) is 4.45. The molecule has 74 valence electrons. The molecule has 0 fully saturated rings. The van der Waals surface area contributed by atoms with E-state index in [1.54, 1.807) is 16.5 Å². The fraction of sp³-hybridized carbons (Fsp3) is 0.364. The van der Waals surface area contributed by atoms with E-state index < -0.39 is 0 Å². The molecule has 14 heavy (non-hydrogen) atoms. The summed E-state index contributed by atoms with van der Waals surface area (Å²) in [6, 6.07) is 5.33. The average Bonchev–Trinajstić information content (AvgIpc) is 2.48. The monoisotopic (exact) mass is 190 g/mol. The lowest BCUT2D eigenvalue weighted by Crippen LogP contribution is -2.11. The summed E-state index contributed by atoms with van der Waals surface area (Å²) in [6.45, 7) is 6.31. The Balaban J connectivity index is 2.69. The molecular formula is C11H14N2O. The fourth-order valence-corrected chi connectivity index (χ4v) is 1.36. The molecule has 0 atom stereocenters. The molecule has 0 amide bonds. The van der Waals surface area contributed by atoms with Crippen molar-refractivity contribution in [3.63, 3.8) is 0 Å². The lowest BCUT2D eigenvalue weighted by molar-refractivity contribution is 0.445. The second-order valence-corrected chi connectivity index (χ2v) is 4.49. The van der Waals surface area contributed by atoms with Crippen molar-refractivity contribution in [3.05, 3.63) is 30.1 Å². The number of aromatic hydroxyl groups is 1. The third-order valence-corrected chi connectivity index (χ3v) is 2.24. The van der Waals surface area contributed by atoms with Gasteiger partial charge in [-0.1, -0.05) is 26.8 Å². The van der Waals surface area contributed by atoms with Crippen molar-refractivity contribution < 1.29 is 5.11 Å². The molecular weight excluding hydrogens is 176 g/mol. The first-order valence-corrected chi connectivity index (χ1v) is 4.66. The highest BCUT2D eigenvalue weighted by molar-refractivity contribution is 5.44. The van der Waals surface area contributed by atoms with Gasteiger partial charge < -0.3 is 5.11 Å². The molecule has 0 aliphatic carbocycles. The van der Waals surface area contributed by atoms with Crippen LogP contribution in [0.25, 0.3) is 5.65 Å². The highest BCUT2D eigenvalue weighted by atomic mass is 16.3. The van der Waals surface area contributed by atoms with Crippen LogP contribution in [0.1, 0.15) is 26.5 Å². The van der Waals surface area contributed by atoms with Gasteiger partial charge in [-0.05, 0) is 12.1 Å². The molecule has 1 N–H and O–H groups in total. The van der Waals surface area contributed by atoms with E-state index in [0.29, 0.717) is 0 Å². The summed E-state index contributed by atoms with van der Waals surface area (Å²) in [5.41, 5.74) is 1.78. The zero-order valence-corrected chi connectivity index (χ0v) is 8.65. The van der Waals surface area contributed by atoms with E-state index in [4.69, 9.17) is 0 Å². The Labute approximate surface area is 83.0 Å². The van der Waals surface area contributed by atoms with Crippen LogP contribution in [0.2, 0.25) is 0 Å². The lowest BCUT2D eigenvalue weighted by Gasteiger charge is -2.13. The number of hydrogen-bond acceptors (Lipinski definition) is 2. The standard InChI is InChI=1S/C11H14N2O/c1-11(2,3)8-7-13-9(12-8)5-4-6-10(13)14/h4-7,14H,1-3H3. The van der Waals surface area contributed by atoms with Crippen molar-refractivity contribution in [3.8, 4) is 5.88 Å². The van der Waals surface area contributed by atoms with Gasteiger partial charge >= 0.3 is 0 Å². The zero-order chi connectivity index (χ0) is 10.3. The van der Waals surface area contributed by atoms with Gasteiger partial charge in [-0.25, -0.2) is 4.98 Å². The summed E-state index contributed by atoms with van der Waals surface area (Å²) >= 11 is 0. The molecule has 0 radical (unpaired) electrons. The molecule has 2 aromatic heterocycles. The van der Waals surface area contributed by atoms with E-state index in [-0.39, 0.29) is 11.3 Å². The molecule has 2 aromatic rings. The molecule has 0 unspecified atom stereocenters. The van der Waals surface area contributed by atoms with E-state index in [2.05, 4.69) is 25.8 Å². The first kappa shape index (κ1) is 9.06. The van der Waals surface area contributed by atoms with E-state index in [9.17, 15) is 5.11 Å². The van der Waals surface area contributed by atoms with Gasteiger partial charge in [0.25, 0.3) is 0 Å². The average molecular weight is 190 g/mol. The third-order valence-electron chi connectivity index (χ3n) is 2.24. The Morgan fingerprint density at radius 2 is 2.00 bits per heavy atom. The van der Waals surface area contributed by atoms with Crippen molar-refractivity contribution in [2.75, 3.05) is 0 Å². The molecule has 3 heteroatoms. The van der Waals surface area contributed by atoms with Gasteiger partial charge in [0.05, 0.1) is 5.69 Å². The molecule has 0 aromatic carbocycles. The predicted octanol–water partition coefficient (Wildman–Crippen LogP) is 2.34. The third kappa shape index (κ3) is 1.35. The Morgan fingerprint density at radius 1 is 1.29 bits per heavy atom. The van der Waals surface area contributed by atoms with Crippen molar-refractivity contribution in [1.29, 1.82) is 0 Å². The van der Waals surface area contributed by atoms with Crippen LogP contribution in [0.5, 0.6) is 5.88 Å². The normalized spacial score (nSPS) is 12.2. The highest BCUT2D eigenvalue weighted by Gasteiger charge is 2.17. The van der Waals surface area contributed by atoms with Crippen LogP contribution in [-0.4, -0.2) is 14.5 Å². The van der Waals surface area contributed by atoms with Crippen LogP contribution in [0.15, 0.2) is 24.4 Å². The van der Waals surface area contributed by atoms with Crippen LogP contribution in [0.3, 0.4) is 0 Å². The van der Waals surface area contributed by atoms with Gasteiger partial charge in [0.2, 0.25) is 0 Å². The Hall–Kier alpha value is -1.51. The maximum absolute atomic E-state index is 9.57. The van der Waals surface area contributed by atoms with Crippen LogP contribution in [0.4, 0.5) is 0 Å². The number of fused-ring (bicyclic) bond motifs is 1. The fourth-order valence-electron chi connectivity index (χ4n) is 1.36. The van der Waals surface area contributed by atoms with Crippen molar-refractivity contribution in [2.45, 2.75) is 26.2 Å². The van der Waals surface area contributed by atoms with E-state index in [1.165, 1.54) is 0 Å². The number of imidazole rings is 1. The van der Waals surface area contributed by atoms with Crippen LogP contribution >= 0.6 is 0 Å². The molecule has 0 aliphatic rings. The van der Waals surface area contributed by atoms with Crippen LogP contribution in [0, 0.1) is 0 Å². The second kappa shape index (κ2) is 2.74. The first-order valence-electron chi connectivity index (χ1n) is 4.66. The minimum absolute atomic E-state index is 0.0124. The second-order valence-electron chi connectivity index (χ2n) is 4.49. The number of hydrogen-bond donors (Lipinski definition) is 1. The largest absolute Gasteiger partial charge is 0.494 e. The molecule has 3 nitrogen and oxygen atoms in total. The molecule has 2 rings (SSSR count). The van der Waals surface area contributed by atoms with Gasteiger partial charge in [-0.2, -0.15) is 0 Å². The summed E-state index contributed by atoms with van der Waals surface area (Å²) in [5, 5.41) is 9.57. The number of aromatic nitrogens is 2. The Kier molecular flexibility index (Phi) is 1.77. The van der Waals surface area contributed by atoms with Gasteiger partial charge in [0.15, 0.2) is 5.88 Å². The quantitative estimate of drug-likeness (QED) is 0.692. The Morgan fingerprint density at radius 3 is 2.57 bits per heavy atom. The molecule has 0 bridgehead atoms. The van der Waals surface area contributed by atoms with Crippen molar-refractivity contribution in [2.24, 2.45) is 0 Å². The van der Waals surface area contributed by atoms with Crippen LogP contribution < -0.4 is 0 Å². The van der Waals surface area contributed by atoms with Crippen LogP contribution in [-0.2, 0) is 5.41 Å². The molecule has 0 saturated carbocycles. The minimum Gasteiger partial charge on any atom is -0.494 e. The summed E-state index contributed by atoms with van der Waals surface area (Å²) in [6.07, 6.45) is 1.88. The summed E-state index contributed by atoms with van der Waals surface area (Å²) in [5.74, 6) is 0.227. The topological polar surface area (TPSA) is 37.5 Å². The van der Waals surface area contributed by atoms with E-state index >= 15 is 0 Å². The molecule has 0 aliphatic heterocycles. The SMILES string of the molecule is CC(C)(C)c1cn2c(O)cccc2n1. The Bertz CT molecular complexity index is 466. The number of pyridine rings is 1. The summed E-state index contributed by atoms with van der Waals surface area (Å²) < 4.78 is 1.70. The van der Waals surface area contributed by atoms with E-state index in [1.807, 2.05) is 12.3 Å². The number of nitrogens with zero attached hydrogens (tertiary/aromatic N) is 2. The van der Waals surface area contributed by atoms with Gasteiger partial charge in [-0.3, -0.25) is 4.40 Å². The highest BCUT2D eigenvalue weighted by Crippen LogP contribution is 2.23. The van der Waals surface area contributed by atoms with Gasteiger partial charge in [0.1, 0.15) is 5.65 Å². The summed E-state index contributed by atoms with van der Waals surface area (Å²) in [7, 11) is 0. The molecule has 0 saturated heterocycles. The smallest absolute Gasteiger partial charge is 0.196 e. The lowest BCUT2D eigenvalue weighted by atomic mass is 9.93. The maximum atomic E-state index is 9.57. The number of rotatable bonds is 0. The van der Waals surface area contributed by atoms with Crippen molar-refractivity contribution >= 4 is 5.65 Å². The molecule has 0 spiro atoms. The predicted molar refractivity (Wildman–Crippen MR) is 55.6 cm³/mol. The van der Waals surface area contributed by atoms with Gasteiger partial charge in [-0.15, -0.1) is 0 Å². The van der Waals surface area contributed by atoms with Crippen molar-refractivity contribution in [1.82, 2.24) is 9.38 Å². The maximum Gasteiger partial charge on any atom is 0.196 e. The first-order chi connectivity index (χ1) is 6.48. The zero-order valence-electron chi connectivity index (χ0n) is 8.65.